The molecule has 1 unspecified atom stereocenters. The van der Waals surface area contributed by atoms with Gasteiger partial charge in [-0.1, -0.05) is 49.3 Å². The van der Waals surface area contributed by atoms with E-state index in [1.165, 1.54) is 16.4 Å². The quantitative estimate of drug-likeness (QED) is 0.615. The molecule has 1 heterocycles. The predicted octanol–water partition coefficient (Wildman–Crippen LogP) is 2.57. The average Bonchev–Trinajstić information content (AvgIpc) is 2.85. The molecule has 0 aliphatic carbocycles. The minimum absolute atomic E-state index is 0.0454. The highest BCUT2D eigenvalue weighted by molar-refractivity contribution is 8.00. The number of nitrogens with two attached hydrogens (primary N) is 1. The van der Waals surface area contributed by atoms with Crippen LogP contribution in [-0.4, -0.2) is 32.6 Å². The fourth-order valence-corrected chi connectivity index (χ4v) is 2.83. The standard InChI is InChI=1S/C15H20ClN5OS/c1-9(2)8-18-14(22)10(3)23-15-20-19-13(21(15)17)11-5-4-6-12(16)7-11/h4-7,9-10H,8,17H2,1-3H3,(H,18,22). The third-order valence-corrected chi connectivity index (χ3v) is 4.38. The lowest BCUT2D eigenvalue weighted by atomic mass is 10.2. The van der Waals surface area contributed by atoms with Crippen molar-refractivity contribution in [3.63, 3.8) is 0 Å². The number of nitrogen functional groups attached to an aromatic ring is 1. The molecule has 8 heteroatoms. The lowest BCUT2D eigenvalue weighted by Crippen LogP contribution is -2.33. The number of carbonyl (C=O) groups excluding carboxylic acids is 1. The Bertz CT molecular complexity index is 688. The molecule has 0 saturated carbocycles. The highest BCUT2D eigenvalue weighted by Crippen LogP contribution is 2.26. The number of halogens is 1. The van der Waals surface area contributed by atoms with Crippen molar-refractivity contribution in [2.45, 2.75) is 31.2 Å². The SMILES string of the molecule is CC(C)CNC(=O)C(C)Sc1nnc(-c2cccc(Cl)c2)n1N. The zero-order valence-electron chi connectivity index (χ0n) is 13.3. The van der Waals surface area contributed by atoms with Crippen LogP contribution in [0.3, 0.4) is 0 Å². The Kier molecular flexibility index (Phi) is 5.90. The molecule has 0 aliphatic heterocycles. The lowest BCUT2D eigenvalue weighted by Gasteiger charge is -2.12. The second-order valence-corrected chi connectivity index (χ2v) is 7.33. The normalized spacial score (nSPS) is 12.4. The van der Waals surface area contributed by atoms with Gasteiger partial charge in [0.1, 0.15) is 0 Å². The van der Waals surface area contributed by atoms with Crippen LogP contribution in [0.5, 0.6) is 0 Å². The van der Waals surface area contributed by atoms with Gasteiger partial charge >= 0.3 is 0 Å². The topological polar surface area (TPSA) is 85.8 Å². The van der Waals surface area contributed by atoms with Crippen molar-refractivity contribution in [2.75, 3.05) is 12.4 Å². The number of benzene rings is 1. The second-order valence-electron chi connectivity index (χ2n) is 5.59. The van der Waals surface area contributed by atoms with Crippen LogP contribution in [0.2, 0.25) is 5.02 Å². The molecule has 0 spiro atoms. The van der Waals surface area contributed by atoms with E-state index in [1.54, 1.807) is 12.1 Å². The van der Waals surface area contributed by atoms with Crippen LogP contribution in [0, 0.1) is 5.92 Å². The summed E-state index contributed by atoms with van der Waals surface area (Å²) in [7, 11) is 0. The van der Waals surface area contributed by atoms with E-state index in [4.69, 9.17) is 17.4 Å². The van der Waals surface area contributed by atoms with Crippen LogP contribution in [0.15, 0.2) is 29.4 Å². The molecule has 0 saturated heterocycles. The zero-order valence-corrected chi connectivity index (χ0v) is 14.9. The summed E-state index contributed by atoms with van der Waals surface area (Å²) in [6.07, 6.45) is 0. The monoisotopic (exact) mass is 353 g/mol. The summed E-state index contributed by atoms with van der Waals surface area (Å²) in [6.45, 7) is 6.55. The molecule has 1 atom stereocenters. The summed E-state index contributed by atoms with van der Waals surface area (Å²) >= 11 is 7.25. The first kappa shape index (κ1) is 17.6. The summed E-state index contributed by atoms with van der Waals surface area (Å²) in [5, 5.41) is 11.8. The van der Waals surface area contributed by atoms with Crippen molar-refractivity contribution in [2.24, 2.45) is 5.92 Å². The van der Waals surface area contributed by atoms with Gasteiger partial charge in [0.05, 0.1) is 5.25 Å². The van der Waals surface area contributed by atoms with E-state index >= 15 is 0 Å². The fourth-order valence-electron chi connectivity index (χ4n) is 1.84. The Morgan fingerprint density at radius 3 is 2.78 bits per heavy atom. The molecule has 1 amide bonds. The first-order valence-electron chi connectivity index (χ1n) is 7.29. The third-order valence-electron chi connectivity index (χ3n) is 3.08. The first-order valence-corrected chi connectivity index (χ1v) is 8.55. The van der Waals surface area contributed by atoms with Crippen molar-refractivity contribution in [3.8, 4) is 11.4 Å². The lowest BCUT2D eigenvalue weighted by molar-refractivity contribution is -0.120. The molecule has 3 N–H and O–H groups in total. The number of amides is 1. The number of rotatable bonds is 6. The predicted molar refractivity (Wildman–Crippen MR) is 93.8 cm³/mol. The smallest absolute Gasteiger partial charge is 0.233 e. The first-order chi connectivity index (χ1) is 10.9. The van der Waals surface area contributed by atoms with Crippen molar-refractivity contribution in [1.82, 2.24) is 20.2 Å². The molecule has 2 aromatic rings. The maximum absolute atomic E-state index is 12.0. The highest BCUT2D eigenvalue weighted by atomic mass is 35.5. The number of thioether (sulfide) groups is 1. The van der Waals surface area contributed by atoms with Gasteiger partial charge in [-0.3, -0.25) is 4.79 Å². The van der Waals surface area contributed by atoms with E-state index in [0.29, 0.717) is 28.5 Å². The maximum atomic E-state index is 12.0. The van der Waals surface area contributed by atoms with E-state index < -0.39 is 0 Å². The number of nitrogens with one attached hydrogen (secondary N) is 1. The van der Waals surface area contributed by atoms with Gasteiger partial charge in [0, 0.05) is 17.1 Å². The van der Waals surface area contributed by atoms with Crippen LogP contribution in [0.25, 0.3) is 11.4 Å². The Labute approximate surface area is 144 Å². The second kappa shape index (κ2) is 7.70. The third kappa shape index (κ3) is 4.62. The summed E-state index contributed by atoms with van der Waals surface area (Å²) < 4.78 is 1.38. The highest BCUT2D eigenvalue weighted by Gasteiger charge is 2.20. The summed E-state index contributed by atoms with van der Waals surface area (Å²) in [6, 6.07) is 7.22. The van der Waals surface area contributed by atoms with Crippen molar-refractivity contribution >= 4 is 29.3 Å². The molecule has 0 radical (unpaired) electrons. The Hall–Kier alpha value is -1.73. The van der Waals surface area contributed by atoms with Gasteiger partial charge < -0.3 is 11.2 Å². The van der Waals surface area contributed by atoms with Crippen LogP contribution < -0.4 is 11.2 Å². The van der Waals surface area contributed by atoms with E-state index in [2.05, 4.69) is 15.5 Å². The molecule has 23 heavy (non-hydrogen) atoms. The van der Waals surface area contributed by atoms with E-state index in [1.807, 2.05) is 32.9 Å². The average molecular weight is 354 g/mol. The van der Waals surface area contributed by atoms with E-state index in [-0.39, 0.29) is 11.2 Å². The van der Waals surface area contributed by atoms with Crippen LogP contribution in [0.1, 0.15) is 20.8 Å². The molecular formula is C15H20ClN5OS. The van der Waals surface area contributed by atoms with E-state index in [0.717, 1.165) is 5.56 Å². The van der Waals surface area contributed by atoms with Crippen LogP contribution in [-0.2, 0) is 4.79 Å². The van der Waals surface area contributed by atoms with Gasteiger partial charge in [0.15, 0.2) is 5.82 Å². The van der Waals surface area contributed by atoms with Crippen LogP contribution >= 0.6 is 23.4 Å². The van der Waals surface area contributed by atoms with E-state index in [9.17, 15) is 4.79 Å². The maximum Gasteiger partial charge on any atom is 0.233 e. The van der Waals surface area contributed by atoms with Crippen molar-refractivity contribution in [3.05, 3.63) is 29.3 Å². The molecule has 124 valence electrons. The number of hydrogen-bond donors (Lipinski definition) is 2. The number of hydrogen-bond acceptors (Lipinski definition) is 5. The van der Waals surface area contributed by atoms with Gasteiger partial charge in [-0.15, -0.1) is 10.2 Å². The van der Waals surface area contributed by atoms with Crippen molar-refractivity contribution < 1.29 is 4.79 Å². The number of carbonyl (C=O) groups is 1. The Morgan fingerprint density at radius 2 is 2.13 bits per heavy atom. The largest absolute Gasteiger partial charge is 0.355 e. The Balaban J connectivity index is 2.09. The number of aromatic nitrogens is 3. The summed E-state index contributed by atoms with van der Waals surface area (Å²) in [4.78, 5) is 12.0. The summed E-state index contributed by atoms with van der Waals surface area (Å²) in [5.74, 6) is 6.92. The Morgan fingerprint density at radius 1 is 1.39 bits per heavy atom. The minimum atomic E-state index is -0.313. The molecule has 1 aromatic carbocycles. The molecule has 0 aliphatic rings. The molecular weight excluding hydrogens is 334 g/mol. The van der Waals surface area contributed by atoms with Gasteiger partial charge in [0.25, 0.3) is 0 Å². The summed E-state index contributed by atoms with van der Waals surface area (Å²) in [5.41, 5.74) is 0.774. The van der Waals surface area contributed by atoms with Gasteiger partial charge in [0.2, 0.25) is 11.1 Å². The van der Waals surface area contributed by atoms with Crippen LogP contribution in [0.4, 0.5) is 0 Å². The molecule has 1 aromatic heterocycles. The zero-order chi connectivity index (χ0) is 17.0. The minimum Gasteiger partial charge on any atom is -0.355 e. The molecule has 0 bridgehead atoms. The van der Waals surface area contributed by atoms with Gasteiger partial charge in [-0.25, -0.2) is 4.68 Å². The molecule has 0 fully saturated rings. The fraction of sp³-hybridized carbons (Fsp3) is 0.400. The molecule has 6 nitrogen and oxygen atoms in total. The molecule has 2 rings (SSSR count). The van der Waals surface area contributed by atoms with Gasteiger partial charge in [-0.05, 0) is 25.0 Å². The van der Waals surface area contributed by atoms with Gasteiger partial charge in [-0.2, -0.15) is 0 Å². The number of nitrogens with zero attached hydrogens (tertiary/aromatic N) is 3. The van der Waals surface area contributed by atoms with Crippen molar-refractivity contribution in [1.29, 1.82) is 0 Å².